The van der Waals surface area contributed by atoms with Crippen molar-refractivity contribution in [3.63, 3.8) is 0 Å². The summed E-state index contributed by atoms with van der Waals surface area (Å²) >= 11 is 4.14. The highest BCUT2D eigenvalue weighted by molar-refractivity contribution is 7.80. The van der Waals surface area contributed by atoms with Gasteiger partial charge in [-0.05, 0) is 23.8 Å². The highest BCUT2D eigenvalue weighted by Crippen LogP contribution is 2.32. The van der Waals surface area contributed by atoms with Crippen LogP contribution in [0.1, 0.15) is 15.9 Å². The van der Waals surface area contributed by atoms with Crippen LogP contribution in [-0.2, 0) is 16.0 Å². The van der Waals surface area contributed by atoms with E-state index >= 15 is 0 Å². The van der Waals surface area contributed by atoms with Crippen LogP contribution in [0.3, 0.4) is 0 Å². The molecule has 1 heterocycles. The second kappa shape index (κ2) is 9.33. The summed E-state index contributed by atoms with van der Waals surface area (Å²) < 4.78 is 10.5. The molecule has 2 atom stereocenters. The Bertz CT molecular complexity index is 906. The maximum atomic E-state index is 12.6. The minimum atomic E-state index is -0.950. The Morgan fingerprint density at radius 1 is 1.00 bits per heavy atom. The van der Waals surface area contributed by atoms with Gasteiger partial charge in [0.25, 0.3) is 5.91 Å². The molecule has 2 aromatic carbocycles. The van der Waals surface area contributed by atoms with E-state index in [1.165, 1.54) is 6.07 Å². The normalized spacial score (nSPS) is 14.0. The van der Waals surface area contributed by atoms with Gasteiger partial charge in [-0.2, -0.15) is 12.6 Å². The first-order valence-corrected chi connectivity index (χ1v) is 9.56. The van der Waals surface area contributed by atoms with Crippen molar-refractivity contribution in [2.45, 2.75) is 18.5 Å². The first-order chi connectivity index (χ1) is 14.0. The lowest BCUT2D eigenvalue weighted by molar-refractivity contribution is -0.128. The quantitative estimate of drug-likeness (QED) is 0.472. The van der Waals surface area contributed by atoms with Gasteiger partial charge in [-0.1, -0.05) is 30.3 Å². The minimum Gasteiger partial charge on any atom is -0.454 e. The molecule has 0 spiro atoms. The molecule has 3 rings (SSSR count). The van der Waals surface area contributed by atoms with Gasteiger partial charge < -0.3 is 25.8 Å². The van der Waals surface area contributed by atoms with Gasteiger partial charge in [-0.3, -0.25) is 14.4 Å². The van der Waals surface area contributed by atoms with E-state index < -0.39 is 29.8 Å². The summed E-state index contributed by atoms with van der Waals surface area (Å²) in [6.45, 7) is 0.0952. The Labute approximate surface area is 173 Å². The molecule has 1 aliphatic heterocycles. The Morgan fingerprint density at radius 2 is 1.72 bits per heavy atom. The molecular formula is C20H21N3O5S. The Kier molecular flexibility index (Phi) is 6.61. The summed E-state index contributed by atoms with van der Waals surface area (Å²) in [6, 6.07) is 12.0. The topological polar surface area (TPSA) is 120 Å². The number of fused-ring (bicyclic) bond motifs is 1. The molecular weight excluding hydrogens is 394 g/mol. The number of rotatable bonds is 8. The van der Waals surface area contributed by atoms with Crippen LogP contribution in [0.4, 0.5) is 0 Å². The van der Waals surface area contributed by atoms with Crippen molar-refractivity contribution in [3.05, 3.63) is 59.7 Å². The third-order valence-corrected chi connectivity index (χ3v) is 4.75. The van der Waals surface area contributed by atoms with Crippen LogP contribution in [0.15, 0.2) is 48.5 Å². The molecule has 4 N–H and O–H groups in total. The molecule has 2 aromatic rings. The standard InChI is InChI=1S/C20H21N3O5S/c21-18(24)14(8-12-4-2-1-3-5-12)22-20(26)15(10-29)23-19(25)13-6-7-16-17(9-13)28-11-27-16/h1-7,9,14-15,29H,8,10-11H2,(H2,21,24)(H,22,26)(H,23,25)/t14-,15-/m0/s1. The number of carbonyl (C=O) groups is 3. The van der Waals surface area contributed by atoms with Crippen LogP contribution in [0.2, 0.25) is 0 Å². The summed E-state index contributed by atoms with van der Waals surface area (Å²) in [4.78, 5) is 36.9. The number of benzene rings is 2. The van der Waals surface area contributed by atoms with Crippen LogP contribution >= 0.6 is 12.6 Å². The number of primary amides is 1. The molecule has 152 valence electrons. The van der Waals surface area contributed by atoms with E-state index in [9.17, 15) is 14.4 Å². The van der Waals surface area contributed by atoms with Crippen LogP contribution in [0, 0.1) is 0 Å². The number of nitrogens with two attached hydrogens (primary N) is 1. The third-order valence-electron chi connectivity index (χ3n) is 4.38. The Hall–Kier alpha value is -3.20. The number of hydrogen-bond donors (Lipinski definition) is 4. The lowest BCUT2D eigenvalue weighted by atomic mass is 10.1. The smallest absolute Gasteiger partial charge is 0.252 e. The van der Waals surface area contributed by atoms with Gasteiger partial charge in [0.1, 0.15) is 12.1 Å². The number of nitrogens with one attached hydrogen (secondary N) is 2. The summed E-state index contributed by atoms with van der Waals surface area (Å²) in [5.41, 5.74) is 6.59. The van der Waals surface area contributed by atoms with Crippen LogP contribution in [0.5, 0.6) is 11.5 Å². The lowest BCUT2D eigenvalue weighted by Gasteiger charge is -2.21. The van der Waals surface area contributed by atoms with Crippen molar-refractivity contribution in [1.82, 2.24) is 10.6 Å². The zero-order chi connectivity index (χ0) is 20.8. The largest absolute Gasteiger partial charge is 0.454 e. The van der Waals surface area contributed by atoms with Crippen LogP contribution < -0.4 is 25.8 Å². The van der Waals surface area contributed by atoms with Crippen LogP contribution in [0.25, 0.3) is 0 Å². The zero-order valence-electron chi connectivity index (χ0n) is 15.5. The first kappa shape index (κ1) is 20.5. The SMILES string of the molecule is NC(=O)[C@H](Cc1ccccc1)NC(=O)[C@H](CS)NC(=O)c1ccc2c(c1)OCO2. The fourth-order valence-corrected chi connectivity index (χ4v) is 3.08. The molecule has 0 saturated carbocycles. The zero-order valence-corrected chi connectivity index (χ0v) is 16.4. The second-order valence-electron chi connectivity index (χ2n) is 6.43. The Morgan fingerprint density at radius 3 is 2.41 bits per heavy atom. The van der Waals surface area contributed by atoms with Gasteiger partial charge in [0.2, 0.25) is 18.6 Å². The fraction of sp³-hybridized carbons (Fsp3) is 0.250. The number of ether oxygens (including phenoxy) is 2. The number of hydrogen-bond acceptors (Lipinski definition) is 6. The molecule has 8 nitrogen and oxygen atoms in total. The molecule has 1 aliphatic rings. The van der Waals surface area contributed by atoms with Crippen LogP contribution in [-0.4, -0.2) is 42.4 Å². The number of thiol groups is 1. The summed E-state index contributed by atoms with van der Waals surface area (Å²) in [5, 5.41) is 5.20. The van der Waals surface area contributed by atoms with Crippen molar-refractivity contribution in [3.8, 4) is 11.5 Å². The monoisotopic (exact) mass is 415 g/mol. The molecule has 0 aliphatic carbocycles. The van der Waals surface area contributed by atoms with Gasteiger partial charge in [0, 0.05) is 17.7 Å². The molecule has 0 unspecified atom stereocenters. The lowest BCUT2D eigenvalue weighted by Crippen LogP contribution is -2.54. The van der Waals surface area contributed by atoms with E-state index in [2.05, 4.69) is 23.3 Å². The average Bonchev–Trinajstić information content (AvgIpc) is 3.19. The van der Waals surface area contributed by atoms with Crippen molar-refractivity contribution in [2.75, 3.05) is 12.5 Å². The molecule has 0 radical (unpaired) electrons. The van der Waals surface area contributed by atoms with Gasteiger partial charge in [-0.15, -0.1) is 0 Å². The molecule has 0 bridgehead atoms. The number of amides is 3. The van der Waals surface area contributed by atoms with Gasteiger partial charge in [-0.25, -0.2) is 0 Å². The molecule has 0 saturated heterocycles. The van der Waals surface area contributed by atoms with Gasteiger partial charge in [0.15, 0.2) is 11.5 Å². The van der Waals surface area contributed by atoms with Crippen molar-refractivity contribution < 1.29 is 23.9 Å². The third kappa shape index (κ3) is 5.20. The predicted molar refractivity (Wildman–Crippen MR) is 109 cm³/mol. The van der Waals surface area contributed by atoms with Gasteiger partial charge >= 0.3 is 0 Å². The first-order valence-electron chi connectivity index (χ1n) is 8.93. The van der Waals surface area contributed by atoms with E-state index in [-0.39, 0.29) is 19.0 Å². The minimum absolute atomic E-state index is 0.0406. The fourth-order valence-electron chi connectivity index (χ4n) is 2.82. The summed E-state index contributed by atoms with van der Waals surface area (Å²) in [6.07, 6.45) is 0.247. The number of carbonyl (C=O) groups excluding carboxylic acids is 3. The Balaban J connectivity index is 1.64. The molecule has 29 heavy (non-hydrogen) atoms. The molecule has 3 amide bonds. The summed E-state index contributed by atoms with van der Waals surface area (Å²) in [7, 11) is 0. The van der Waals surface area contributed by atoms with Crippen molar-refractivity contribution in [2.24, 2.45) is 5.73 Å². The average molecular weight is 415 g/mol. The van der Waals surface area contributed by atoms with Gasteiger partial charge in [0.05, 0.1) is 0 Å². The van der Waals surface area contributed by atoms with E-state index in [1.54, 1.807) is 12.1 Å². The van der Waals surface area contributed by atoms with Crippen molar-refractivity contribution >= 4 is 30.4 Å². The molecule has 0 fully saturated rings. The molecule has 9 heteroatoms. The van der Waals surface area contributed by atoms with E-state index in [1.807, 2.05) is 30.3 Å². The van der Waals surface area contributed by atoms with E-state index in [0.29, 0.717) is 17.1 Å². The van der Waals surface area contributed by atoms with E-state index in [4.69, 9.17) is 15.2 Å². The van der Waals surface area contributed by atoms with E-state index in [0.717, 1.165) is 5.56 Å². The maximum Gasteiger partial charge on any atom is 0.252 e. The summed E-state index contributed by atoms with van der Waals surface area (Å²) in [5.74, 6) is -0.637. The maximum absolute atomic E-state index is 12.6. The van der Waals surface area contributed by atoms with Crippen molar-refractivity contribution in [1.29, 1.82) is 0 Å². The predicted octanol–water partition coefficient (Wildman–Crippen LogP) is 0.656. The second-order valence-corrected chi connectivity index (χ2v) is 6.80. The highest BCUT2D eigenvalue weighted by atomic mass is 32.1. The highest BCUT2D eigenvalue weighted by Gasteiger charge is 2.26. The molecule has 0 aromatic heterocycles.